The molecule has 0 saturated carbocycles. The molecule has 5 nitrogen and oxygen atoms in total. The van der Waals surface area contributed by atoms with Gasteiger partial charge in [-0.25, -0.2) is 0 Å². The van der Waals surface area contributed by atoms with E-state index in [2.05, 4.69) is 0 Å². The molecule has 1 aliphatic heterocycles. The molecular weight excluding hydrogens is 246 g/mol. The Morgan fingerprint density at radius 2 is 2.32 bits per heavy atom. The minimum absolute atomic E-state index is 0.0156. The number of ether oxygens (including phenoxy) is 1. The molecule has 1 aromatic rings. The molecule has 5 heteroatoms. The molecule has 1 saturated heterocycles. The Hall–Kier alpha value is -1.62. The van der Waals surface area contributed by atoms with E-state index in [0.29, 0.717) is 12.1 Å². The molecule has 1 aromatic heterocycles. The zero-order valence-corrected chi connectivity index (χ0v) is 11.1. The SMILES string of the molecule is Cc1ccc(CCC(=O)O)c(=O)n1CC1CCCO1. The van der Waals surface area contributed by atoms with Gasteiger partial charge < -0.3 is 14.4 Å². The number of aryl methyl sites for hydroxylation is 2. The fraction of sp³-hybridized carbons (Fsp3) is 0.571. The second-order valence-electron chi connectivity index (χ2n) is 4.94. The standard InChI is InChI=1S/C14H19NO4/c1-10-4-5-11(6-7-13(16)17)14(18)15(10)9-12-3-2-8-19-12/h4-5,12H,2-3,6-9H2,1H3,(H,16,17). The summed E-state index contributed by atoms with van der Waals surface area (Å²) in [7, 11) is 0. The van der Waals surface area contributed by atoms with Crippen molar-refractivity contribution >= 4 is 5.97 Å². The Labute approximate surface area is 111 Å². The number of hydrogen-bond donors (Lipinski definition) is 1. The number of hydrogen-bond acceptors (Lipinski definition) is 3. The maximum absolute atomic E-state index is 12.3. The first-order valence-corrected chi connectivity index (χ1v) is 6.60. The van der Waals surface area contributed by atoms with Crippen LogP contribution in [0.4, 0.5) is 0 Å². The number of carboxylic acids is 1. The van der Waals surface area contributed by atoms with Gasteiger partial charge in [0, 0.05) is 24.3 Å². The molecule has 0 amide bonds. The van der Waals surface area contributed by atoms with Crippen LogP contribution in [0.2, 0.25) is 0 Å². The van der Waals surface area contributed by atoms with Crippen LogP contribution in [0.5, 0.6) is 0 Å². The van der Waals surface area contributed by atoms with Gasteiger partial charge in [-0.05, 0) is 32.3 Å². The minimum atomic E-state index is -0.884. The average Bonchev–Trinajstić information content (AvgIpc) is 2.86. The van der Waals surface area contributed by atoms with Gasteiger partial charge >= 0.3 is 5.97 Å². The number of aliphatic carboxylic acids is 1. The van der Waals surface area contributed by atoms with E-state index in [9.17, 15) is 9.59 Å². The van der Waals surface area contributed by atoms with Gasteiger partial charge in [0.1, 0.15) is 0 Å². The van der Waals surface area contributed by atoms with Gasteiger partial charge in [0.2, 0.25) is 0 Å². The smallest absolute Gasteiger partial charge is 0.303 e. The van der Waals surface area contributed by atoms with Gasteiger partial charge in [-0.2, -0.15) is 0 Å². The quantitative estimate of drug-likeness (QED) is 0.872. The van der Waals surface area contributed by atoms with Crippen LogP contribution in [0.25, 0.3) is 0 Å². The fourth-order valence-corrected chi connectivity index (χ4v) is 2.37. The summed E-state index contributed by atoms with van der Waals surface area (Å²) in [6, 6.07) is 3.60. The highest BCUT2D eigenvalue weighted by Crippen LogP contribution is 2.14. The van der Waals surface area contributed by atoms with Gasteiger partial charge in [-0.15, -0.1) is 0 Å². The van der Waals surface area contributed by atoms with Gasteiger partial charge in [-0.1, -0.05) is 6.07 Å². The highest BCUT2D eigenvalue weighted by atomic mass is 16.5. The summed E-state index contributed by atoms with van der Waals surface area (Å²) in [5.41, 5.74) is 1.36. The second kappa shape index (κ2) is 6.02. The third-order valence-corrected chi connectivity index (χ3v) is 3.49. The zero-order chi connectivity index (χ0) is 13.8. The van der Waals surface area contributed by atoms with Crippen LogP contribution in [0.15, 0.2) is 16.9 Å². The highest BCUT2D eigenvalue weighted by Gasteiger charge is 2.18. The van der Waals surface area contributed by atoms with Crippen molar-refractivity contribution < 1.29 is 14.6 Å². The van der Waals surface area contributed by atoms with E-state index in [-0.39, 0.29) is 24.5 Å². The molecule has 1 aliphatic rings. The Bertz CT molecular complexity index is 515. The minimum Gasteiger partial charge on any atom is -0.481 e. The third-order valence-electron chi connectivity index (χ3n) is 3.49. The van der Waals surface area contributed by atoms with Crippen molar-refractivity contribution in [2.24, 2.45) is 0 Å². The van der Waals surface area contributed by atoms with Crippen LogP contribution in [-0.2, 0) is 22.5 Å². The molecule has 0 aliphatic carbocycles. The summed E-state index contributed by atoms with van der Waals surface area (Å²) in [6.07, 6.45) is 2.38. The Kier molecular flexibility index (Phi) is 4.37. The van der Waals surface area contributed by atoms with E-state index < -0.39 is 5.97 Å². The molecule has 1 N–H and O–H groups in total. The van der Waals surface area contributed by atoms with Gasteiger partial charge in [0.05, 0.1) is 12.6 Å². The lowest BCUT2D eigenvalue weighted by molar-refractivity contribution is -0.136. The molecule has 0 bridgehead atoms. The monoisotopic (exact) mass is 265 g/mol. The van der Waals surface area contributed by atoms with Crippen molar-refractivity contribution in [1.29, 1.82) is 0 Å². The number of nitrogens with zero attached hydrogens (tertiary/aromatic N) is 1. The number of carboxylic acid groups (broad SMARTS) is 1. The Morgan fingerprint density at radius 3 is 2.95 bits per heavy atom. The fourth-order valence-electron chi connectivity index (χ4n) is 2.37. The lowest BCUT2D eigenvalue weighted by Gasteiger charge is -2.15. The summed E-state index contributed by atoms with van der Waals surface area (Å²) in [5.74, 6) is -0.884. The first-order valence-electron chi connectivity index (χ1n) is 6.60. The van der Waals surface area contributed by atoms with Crippen molar-refractivity contribution in [3.05, 3.63) is 33.7 Å². The summed E-state index contributed by atoms with van der Waals surface area (Å²) in [5, 5.41) is 8.69. The van der Waals surface area contributed by atoms with E-state index >= 15 is 0 Å². The van der Waals surface area contributed by atoms with Crippen LogP contribution < -0.4 is 5.56 Å². The topological polar surface area (TPSA) is 68.5 Å². The van der Waals surface area contributed by atoms with Gasteiger partial charge in [-0.3, -0.25) is 9.59 Å². The van der Waals surface area contributed by atoms with Crippen molar-refractivity contribution in [2.45, 2.75) is 45.3 Å². The summed E-state index contributed by atoms with van der Waals surface area (Å²) >= 11 is 0. The maximum atomic E-state index is 12.3. The number of rotatable bonds is 5. The molecule has 1 fully saturated rings. The van der Waals surface area contributed by atoms with Crippen LogP contribution in [0.3, 0.4) is 0 Å². The molecule has 2 rings (SSSR count). The highest BCUT2D eigenvalue weighted by molar-refractivity contribution is 5.67. The van der Waals surface area contributed by atoms with Crippen molar-refractivity contribution in [3.63, 3.8) is 0 Å². The van der Waals surface area contributed by atoms with E-state index in [1.165, 1.54) is 0 Å². The molecule has 0 radical (unpaired) electrons. The normalized spacial score (nSPS) is 18.7. The molecule has 19 heavy (non-hydrogen) atoms. The van der Waals surface area contributed by atoms with E-state index in [1.54, 1.807) is 10.6 Å². The largest absolute Gasteiger partial charge is 0.481 e. The lowest BCUT2D eigenvalue weighted by atomic mass is 10.1. The number of aromatic nitrogens is 1. The molecule has 104 valence electrons. The van der Waals surface area contributed by atoms with Crippen LogP contribution in [0.1, 0.15) is 30.5 Å². The van der Waals surface area contributed by atoms with Crippen molar-refractivity contribution in [1.82, 2.24) is 4.57 Å². The first-order chi connectivity index (χ1) is 9.08. The van der Waals surface area contributed by atoms with Crippen LogP contribution in [-0.4, -0.2) is 28.4 Å². The summed E-state index contributed by atoms with van der Waals surface area (Å²) in [6.45, 7) is 3.21. The molecule has 1 atom stereocenters. The lowest BCUT2D eigenvalue weighted by Crippen LogP contribution is -2.30. The number of carbonyl (C=O) groups is 1. The molecule has 0 aromatic carbocycles. The van der Waals surface area contributed by atoms with Crippen LogP contribution in [0, 0.1) is 6.92 Å². The van der Waals surface area contributed by atoms with Crippen LogP contribution >= 0.6 is 0 Å². The summed E-state index contributed by atoms with van der Waals surface area (Å²) in [4.78, 5) is 22.9. The predicted molar refractivity (Wildman–Crippen MR) is 70.4 cm³/mol. The van der Waals surface area contributed by atoms with Gasteiger partial charge in [0.15, 0.2) is 0 Å². The first kappa shape index (κ1) is 13.8. The Morgan fingerprint density at radius 1 is 1.53 bits per heavy atom. The Balaban J connectivity index is 2.18. The molecule has 2 heterocycles. The third kappa shape index (κ3) is 3.44. The van der Waals surface area contributed by atoms with E-state index in [1.807, 2.05) is 13.0 Å². The maximum Gasteiger partial charge on any atom is 0.303 e. The molecule has 1 unspecified atom stereocenters. The van der Waals surface area contributed by atoms with Crippen molar-refractivity contribution in [3.8, 4) is 0 Å². The second-order valence-corrected chi connectivity index (χ2v) is 4.94. The average molecular weight is 265 g/mol. The van der Waals surface area contributed by atoms with E-state index in [4.69, 9.17) is 9.84 Å². The van der Waals surface area contributed by atoms with Gasteiger partial charge in [0.25, 0.3) is 5.56 Å². The summed E-state index contributed by atoms with van der Waals surface area (Å²) < 4.78 is 7.25. The molecular formula is C14H19NO4. The number of pyridine rings is 1. The predicted octanol–water partition coefficient (Wildman–Crippen LogP) is 1.35. The zero-order valence-electron chi connectivity index (χ0n) is 11.1. The molecule has 0 spiro atoms. The van der Waals surface area contributed by atoms with Crippen molar-refractivity contribution in [2.75, 3.05) is 6.61 Å². The van der Waals surface area contributed by atoms with E-state index in [0.717, 1.165) is 25.1 Å².